The summed E-state index contributed by atoms with van der Waals surface area (Å²) < 4.78 is 5.72. The Labute approximate surface area is 99.4 Å². The third-order valence-corrected chi connectivity index (χ3v) is 4.31. The number of nitrogens with zero attached hydrogens (tertiary/aromatic N) is 1. The summed E-state index contributed by atoms with van der Waals surface area (Å²) in [7, 11) is 0. The molecule has 0 N–H and O–H groups in total. The van der Waals surface area contributed by atoms with Gasteiger partial charge in [-0.2, -0.15) is 11.8 Å². The van der Waals surface area contributed by atoms with E-state index in [1.165, 1.54) is 5.69 Å². The molecule has 2 rings (SSSR count). The molecule has 0 saturated carbocycles. The van der Waals surface area contributed by atoms with Crippen molar-refractivity contribution in [3.8, 4) is 0 Å². The van der Waals surface area contributed by atoms with Gasteiger partial charge in [0.1, 0.15) is 11.1 Å². The highest BCUT2D eigenvalue weighted by Gasteiger charge is 2.23. The van der Waals surface area contributed by atoms with Crippen LogP contribution in [0.25, 0.3) is 0 Å². The van der Waals surface area contributed by atoms with E-state index in [1.54, 1.807) is 11.3 Å². The summed E-state index contributed by atoms with van der Waals surface area (Å²) in [5.41, 5.74) is 1.33. The van der Waals surface area contributed by atoms with Gasteiger partial charge < -0.3 is 4.74 Å². The van der Waals surface area contributed by atoms with Gasteiger partial charge in [-0.3, -0.25) is 0 Å². The Morgan fingerprint density at radius 3 is 2.80 bits per heavy atom. The molecule has 2 nitrogen and oxygen atoms in total. The molecule has 0 radical (unpaired) electrons. The number of hydrogen-bond acceptors (Lipinski definition) is 4. The molecule has 1 fully saturated rings. The lowest BCUT2D eigenvalue weighted by Gasteiger charge is -2.20. The summed E-state index contributed by atoms with van der Waals surface area (Å²) >= 11 is 3.69. The number of thiazole rings is 1. The fraction of sp³-hybridized carbons (Fsp3) is 0.727. The van der Waals surface area contributed by atoms with Crippen LogP contribution >= 0.6 is 23.1 Å². The molecule has 1 aromatic heterocycles. The molecule has 0 amide bonds. The van der Waals surface area contributed by atoms with Gasteiger partial charge in [-0.05, 0) is 0 Å². The van der Waals surface area contributed by atoms with Gasteiger partial charge in [-0.1, -0.05) is 20.8 Å². The van der Waals surface area contributed by atoms with Crippen molar-refractivity contribution in [2.75, 3.05) is 18.1 Å². The molecule has 84 valence electrons. The Morgan fingerprint density at radius 1 is 1.47 bits per heavy atom. The highest BCUT2D eigenvalue weighted by molar-refractivity contribution is 7.99. The Kier molecular flexibility index (Phi) is 3.38. The summed E-state index contributed by atoms with van der Waals surface area (Å²) in [5, 5.41) is 3.31. The van der Waals surface area contributed by atoms with Gasteiger partial charge in [0.05, 0.1) is 12.3 Å². The van der Waals surface area contributed by atoms with E-state index < -0.39 is 0 Å². The van der Waals surface area contributed by atoms with Crippen LogP contribution in [0.1, 0.15) is 37.6 Å². The monoisotopic (exact) mass is 243 g/mol. The zero-order chi connectivity index (χ0) is 10.9. The van der Waals surface area contributed by atoms with Crippen LogP contribution in [0.4, 0.5) is 0 Å². The molecule has 1 atom stereocenters. The van der Waals surface area contributed by atoms with Crippen molar-refractivity contribution in [2.45, 2.75) is 32.3 Å². The number of hydrogen-bond donors (Lipinski definition) is 0. The summed E-state index contributed by atoms with van der Waals surface area (Å²) in [6.45, 7) is 7.45. The molecule has 1 saturated heterocycles. The summed E-state index contributed by atoms with van der Waals surface area (Å²) in [6.07, 6.45) is 0.227. The summed E-state index contributed by atoms with van der Waals surface area (Å²) in [5.74, 6) is 2.17. The summed E-state index contributed by atoms with van der Waals surface area (Å²) in [6, 6.07) is 0. The highest BCUT2D eigenvalue weighted by atomic mass is 32.2. The third kappa shape index (κ3) is 2.74. The largest absolute Gasteiger partial charge is 0.369 e. The van der Waals surface area contributed by atoms with E-state index in [0.29, 0.717) is 0 Å². The number of aromatic nitrogens is 1. The van der Waals surface area contributed by atoms with Crippen LogP contribution in [-0.4, -0.2) is 23.1 Å². The predicted octanol–water partition coefficient (Wildman–Crippen LogP) is 3.25. The molecular formula is C11H17NOS2. The van der Waals surface area contributed by atoms with E-state index in [9.17, 15) is 0 Å². The number of rotatable bonds is 1. The lowest BCUT2D eigenvalue weighted by Crippen LogP contribution is -2.16. The van der Waals surface area contributed by atoms with Gasteiger partial charge in [0.15, 0.2) is 0 Å². The van der Waals surface area contributed by atoms with Crippen molar-refractivity contribution < 1.29 is 4.74 Å². The van der Waals surface area contributed by atoms with Crippen molar-refractivity contribution >= 4 is 23.1 Å². The van der Waals surface area contributed by atoms with Crippen molar-refractivity contribution in [1.29, 1.82) is 0 Å². The first-order valence-electron chi connectivity index (χ1n) is 5.22. The first-order chi connectivity index (χ1) is 7.07. The second kappa shape index (κ2) is 4.44. The van der Waals surface area contributed by atoms with Crippen molar-refractivity contribution in [1.82, 2.24) is 4.98 Å². The summed E-state index contributed by atoms with van der Waals surface area (Å²) in [4.78, 5) is 4.69. The van der Waals surface area contributed by atoms with E-state index >= 15 is 0 Å². The van der Waals surface area contributed by atoms with Crippen LogP contribution in [0.2, 0.25) is 0 Å². The predicted molar refractivity (Wildman–Crippen MR) is 66.8 cm³/mol. The minimum atomic E-state index is 0.149. The maximum absolute atomic E-state index is 5.72. The Hall–Kier alpha value is -0.0600. The minimum Gasteiger partial charge on any atom is -0.369 e. The first-order valence-corrected chi connectivity index (χ1v) is 7.26. The molecule has 1 aliphatic rings. The molecule has 1 aliphatic heterocycles. The van der Waals surface area contributed by atoms with E-state index in [-0.39, 0.29) is 11.5 Å². The van der Waals surface area contributed by atoms with Crippen LogP contribution in [-0.2, 0) is 10.2 Å². The lowest BCUT2D eigenvalue weighted by molar-refractivity contribution is 0.0753. The maximum atomic E-state index is 5.72. The average Bonchev–Trinajstić information content (AvgIpc) is 2.67. The minimum absolute atomic E-state index is 0.149. The highest BCUT2D eigenvalue weighted by Crippen LogP contribution is 2.31. The van der Waals surface area contributed by atoms with E-state index in [4.69, 9.17) is 4.74 Å². The van der Waals surface area contributed by atoms with Crippen molar-refractivity contribution in [2.24, 2.45) is 0 Å². The van der Waals surface area contributed by atoms with E-state index in [2.05, 4.69) is 31.1 Å². The van der Waals surface area contributed by atoms with Gasteiger partial charge in [-0.25, -0.2) is 4.98 Å². The van der Waals surface area contributed by atoms with Crippen LogP contribution in [0.15, 0.2) is 5.38 Å². The molecule has 0 spiro atoms. The normalized spacial score (nSPS) is 23.0. The maximum Gasteiger partial charge on any atom is 0.123 e. The lowest BCUT2D eigenvalue weighted by atomic mass is 9.93. The van der Waals surface area contributed by atoms with Gasteiger partial charge in [0.25, 0.3) is 0 Å². The average molecular weight is 243 g/mol. The SMILES string of the molecule is CC(C)(C)c1csc(C2CSCCO2)n1. The second-order valence-corrected chi connectivity index (χ2v) is 6.79. The number of thioether (sulfide) groups is 1. The van der Waals surface area contributed by atoms with Crippen LogP contribution in [0.5, 0.6) is 0 Å². The molecule has 0 bridgehead atoms. The molecule has 4 heteroatoms. The van der Waals surface area contributed by atoms with Gasteiger partial charge in [0.2, 0.25) is 0 Å². The van der Waals surface area contributed by atoms with E-state index in [1.807, 2.05) is 11.8 Å². The zero-order valence-electron chi connectivity index (χ0n) is 9.45. The molecular weight excluding hydrogens is 226 g/mol. The topological polar surface area (TPSA) is 22.1 Å². The second-order valence-electron chi connectivity index (χ2n) is 4.76. The third-order valence-electron chi connectivity index (χ3n) is 2.38. The fourth-order valence-electron chi connectivity index (χ4n) is 1.41. The quantitative estimate of drug-likeness (QED) is 0.756. The molecule has 15 heavy (non-hydrogen) atoms. The molecule has 1 unspecified atom stereocenters. The van der Waals surface area contributed by atoms with Gasteiger partial charge in [-0.15, -0.1) is 11.3 Å². The number of ether oxygens (including phenoxy) is 1. The fourth-order valence-corrected chi connectivity index (χ4v) is 3.46. The standard InChI is InChI=1S/C11H17NOS2/c1-11(2,3)9-7-15-10(12-9)8-6-14-5-4-13-8/h7-8H,4-6H2,1-3H3. The van der Waals surface area contributed by atoms with E-state index in [0.717, 1.165) is 23.1 Å². The molecule has 0 aromatic carbocycles. The van der Waals surface area contributed by atoms with Crippen LogP contribution in [0.3, 0.4) is 0 Å². The van der Waals surface area contributed by atoms with Crippen molar-refractivity contribution in [3.05, 3.63) is 16.1 Å². The van der Waals surface area contributed by atoms with Gasteiger partial charge in [0, 0.05) is 22.3 Å². The zero-order valence-corrected chi connectivity index (χ0v) is 11.1. The van der Waals surface area contributed by atoms with Gasteiger partial charge >= 0.3 is 0 Å². The van der Waals surface area contributed by atoms with Crippen LogP contribution in [0, 0.1) is 0 Å². The first kappa shape index (κ1) is 11.4. The molecule has 1 aromatic rings. The van der Waals surface area contributed by atoms with Crippen molar-refractivity contribution in [3.63, 3.8) is 0 Å². The Bertz CT molecular complexity index is 324. The smallest absolute Gasteiger partial charge is 0.123 e. The molecule has 0 aliphatic carbocycles. The Morgan fingerprint density at radius 2 is 2.27 bits per heavy atom. The van der Waals surface area contributed by atoms with Crippen LogP contribution < -0.4 is 0 Å². The molecule has 2 heterocycles. The Balaban J connectivity index is 2.12.